The SMILES string of the molecule is C=C(OCCCC)c1cc(C(=O)N(Cc2ccc(S(C)(=O)=O)cc2)c2cccc(C(F)(F)F)c2)c(=O)[nH]c1C. The predicted molar refractivity (Wildman–Crippen MR) is 143 cm³/mol. The number of nitrogens with zero attached hydrogens (tertiary/aromatic N) is 1. The molecule has 0 saturated carbocycles. The first-order chi connectivity index (χ1) is 18.2. The molecule has 7 nitrogen and oxygen atoms in total. The number of nitrogens with one attached hydrogen (secondary N) is 1. The number of ether oxygens (including phenoxy) is 1. The molecule has 0 saturated heterocycles. The summed E-state index contributed by atoms with van der Waals surface area (Å²) in [6.07, 6.45) is -1.96. The van der Waals surface area contributed by atoms with Gasteiger partial charge in [-0.3, -0.25) is 9.59 Å². The number of hydrogen-bond donors (Lipinski definition) is 1. The van der Waals surface area contributed by atoms with Crippen molar-refractivity contribution < 1.29 is 31.1 Å². The van der Waals surface area contributed by atoms with Crippen molar-refractivity contribution in [2.75, 3.05) is 17.8 Å². The van der Waals surface area contributed by atoms with Crippen molar-refractivity contribution in [1.29, 1.82) is 0 Å². The van der Waals surface area contributed by atoms with Crippen molar-refractivity contribution in [2.45, 2.75) is 44.3 Å². The lowest BCUT2D eigenvalue weighted by atomic mass is 10.1. The fourth-order valence-corrected chi connectivity index (χ4v) is 4.42. The summed E-state index contributed by atoms with van der Waals surface area (Å²) >= 11 is 0. The van der Waals surface area contributed by atoms with Crippen LogP contribution in [-0.2, 0) is 27.3 Å². The van der Waals surface area contributed by atoms with Gasteiger partial charge in [0.25, 0.3) is 11.5 Å². The maximum absolute atomic E-state index is 13.8. The maximum atomic E-state index is 13.8. The molecule has 0 aliphatic heterocycles. The third-order valence-corrected chi connectivity index (χ3v) is 7.09. The molecule has 1 aromatic heterocycles. The minimum Gasteiger partial charge on any atom is -0.494 e. The molecule has 1 amide bonds. The monoisotopic (exact) mass is 562 g/mol. The van der Waals surface area contributed by atoms with Crippen LogP contribution in [0.2, 0.25) is 0 Å². The van der Waals surface area contributed by atoms with Gasteiger partial charge in [-0.15, -0.1) is 0 Å². The zero-order valence-electron chi connectivity index (χ0n) is 21.8. The van der Waals surface area contributed by atoms with Crippen LogP contribution in [0.15, 0.2) is 70.9 Å². The number of H-pyrrole nitrogens is 1. The molecule has 0 unspecified atom stereocenters. The molecule has 0 spiro atoms. The van der Waals surface area contributed by atoms with E-state index in [2.05, 4.69) is 11.6 Å². The highest BCUT2D eigenvalue weighted by molar-refractivity contribution is 7.90. The topological polar surface area (TPSA) is 96.5 Å². The van der Waals surface area contributed by atoms with E-state index in [0.717, 1.165) is 36.1 Å². The molecule has 1 heterocycles. The number of benzene rings is 2. The van der Waals surface area contributed by atoms with Crippen molar-refractivity contribution in [1.82, 2.24) is 4.98 Å². The summed E-state index contributed by atoms with van der Waals surface area (Å²) in [5.41, 5.74) is -0.879. The maximum Gasteiger partial charge on any atom is 0.416 e. The Morgan fingerprint density at radius 2 is 1.74 bits per heavy atom. The second kappa shape index (κ2) is 11.9. The van der Waals surface area contributed by atoms with Crippen molar-refractivity contribution in [3.8, 4) is 0 Å². The quantitative estimate of drug-likeness (QED) is 0.251. The highest BCUT2D eigenvalue weighted by Crippen LogP contribution is 2.32. The molecule has 3 aromatic rings. The average molecular weight is 563 g/mol. The predicted octanol–water partition coefficient (Wildman–Crippen LogP) is 5.74. The Morgan fingerprint density at radius 3 is 2.33 bits per heavy atom. The van der Waals surface area contributed by atoms with Crippen LogP contribution in [0.5, 0.6) is 0 Å². The smallest absolute Gasteiger partial charge is 0.416 e. The zero-order valence-corrected chi connectivity index (χ0v) is 22.6. The zero-order chi connectivity index (χ0) is 29.0. The number of carbonyl (C=O) groups is 1. The Labute approximate surface area is 224 Å². The van der Waals surface area contributed by atoms with Gasteiger partial charge in [0.05, 0.1) is 23.6 Å². The Hall–Kier alpha value is -3.86. The number of aromatic amines is 1. The van der Waals surface area contributed by atoms with Gasteiger partial charge in [0.15, 0.2) is 9.84 Å². The first-order valence-electron chi connectivity index (χ1n) is 12.1. The summed E-state index contributed by atoms with van der Waals surface area (Å²) in [7, 11) is -3.48. The summed E-state index contributed by atoms with van der Waals surface area (Å²) < 4.78 is 69.7. The molecule has 0 atom stereocenters. The number of unbranched alkanes of at least 4 members (excludes halogenated alkanes) is 1. The van der Waals surface area contributed by atoms with Gasteiger partial charge in [0.1, 0.15) is 11.3 Å². The molecule has 208 valence electrons. The number of aromatic nitrogens is 1. The second-order valence-electron chi connectivity index (χ2n) is 9.03. The van der Waals surface area contributed by atoms with Gasteiger partial charge in [-0.05, 0) is 55.3 Å². The highest BCUT2D eigenvalue weighted by Gasteiger charge is 2.32. The van der Waals surface area contributed by atoms with Crippen LogP contribution in [0.25, 0.3) is 5.76 Å². The molecule has 0 bridgehead atoms. The molecule has 39 heavy (non-hydrogen) atoms. The molecule has 0 aliphatic rings. The summed E-state index contributed by atoms with van der Waals surface area (Å²) in [6, 6.07) is 11.1. The van der Waals surface area contributed by atoms with E-state index in [4.69, 9.17) is 4.74 Å². The highest BCUT2D eigenvalue weighted by atomic mass is 32.2. The number of carbonyl (C=O) groups excluding carboxylic acids is 1. The molecule has 3 rings (SSSR count). The Kier molecular flexibility index (Phi) is 9.06. The lowest BCUT2D eigenvalue weighted by molar-refractivity contribution is -0.137. The second-order valence-corrected chi connectivity index (χ2v) is 11.0. The largest absolute Gasteiger partial charge is 0.494 e. The van der Waals surface area contributed by atoms with Gasteiger partial charge in [-0.1, -0.05) is 38.1 Å². The lowest BCUT2D eigenvalue weighted by Gasteiger charge is -2.24. The Morgan fingerprint density at radius 1 is 1.08 bits per heavy atom. The number of pyridine rings is 1. The number of amides is 1. The number of alkyl halides is 3. The van der Waals surface area contributed by atoms with Crippen LogP contribution in [-0.4, -0.2) is 32.2 Å². The third kappa shape index (κ3) is 7.38. The Balaban J connectivity index is 2.09. The summed E-state index contributed by atoms with van der Waals surface area (Å²) in [4.78, 5) is 30.3. The fourth-order valence-electron chi connectivity index (χ4n) is 3.79. The molecule has 0 radical (unpaired) electrons. The molecule has 0 fully saturated rings. The van der Waals surface area contributed by atoms with Crippen LogP contribution < -0.4 is 10.5 Å². The van der Waals surface area contributed by atoms with E-state index in [1.165, 1.54) is 42.5 Å². The minimum absolute atomic E-state index is 0.0457. The number of aryl methyl sites for hydroxylation is 1. The fraction of sp³-hybridized carbons (Fsp3) is 0.286. The van der Waals surface area contributed by atoms with Crippen molar-refractivity contribution in [3.63, 3.8) is 0 Å². The van der Waals surface area contributed by atoms with E-state index in [1.54, 1.807) is 6.92 Å². The van der Waals surface area contributed by atoms with Gasteiger partial charge in [0.2, 0.25) is 0 Å². The molecular formula is C28H29F3N2O5S. The van der Waals surface area contributed by atoms with Crippen LogP contribution in [0.1, 0.15) is 52.5 Å². The van der Waals surface area contributed by atoms with E-state index in [9.17, 15) is 31.2 Å². The standard InChI is InChI=1S/C28H29F3N2O5S/c1-5-6-14-38-19(3)24-16-25(26(34)32-18(24)2)27(35)33(22-9-7-8-21(15-22)28(29,30)31)17-20-10-12-23(13-11-20)39(4,36)37/h7-13,15-16H,3,5-6,14,17H2,1-2,4H3,(H,32,34). The number of anilines is 1. The number of halogens is 3. The molecule has 0 aliphatic carbocycles. The van der Waals surface area contributed by atoms with Gasteiger partial charge in [-0.25, -0.2) is 8.42 Å². The number of rotatable bonds is 10. The minimum atomic E-state index is -4.66. The first kappa shape index (κ1) is 29.7. The third-order valence-electron chi connectivity index (χ3n) is 5.97. The lowest BCUT2D eigenvalue weighted by Crippen LogP contribution is -2.35. The summed E-state index contributed by atoms with van der Waals surface area (Å²) in [6.45, 7) is 7.64. The van der Waals surface area contributed by atoms with E-state index < -0.39 is 33.0 Å². The van der Waals surface area contributed by atoms with Crippen LogP contribution >= 0.6 is 0 Å². The Bertz CT molecular complexity index is 1530. The number of sulfone groups is 1. The van der Waals surface area contributed by atoms with Crippen LogP contribution in [0.3, 0.4) is 0 Å². The summed E-state index contributed by atoms with van der Waals surface area (Å²) in [5, 5.41) is 0. The van der Waals surface area contributed by atoms with Gasteiger partial charge < -0.3 is 14.6 Å². The van der Waals surface area contributed by atoms with E-state index in [-0.39, 0.29) is 28.5 Å². The first-order valence-corrected chi connectivity index (χ1v) is 14.0. The van der Waals surface area contributed by atoms with Gasteiger partial charge in [0, 0.05) is 23.2 Å². The summed E-state index contributed by atoms with van der Waals surface area (Å²) in [5.74, 6) is -0.612. The van der Waals surface area contributed by atoms with Crippen molar-refractivity contribution in [2.24, 2.45) is 0 Å². The average Bonchev–Trinajstić information content (AvgIpc) is 2.86. The number of hydrogen-bond acceptors (Lipinski definition) is 5. The normalized spacial score (nSPS) is 11.7. The molecule has 11 heteroatoms. The van der Waals surface area contributed by atoms with Crippen molar-refractivity contribution >= 4 is 27.2 Å². The van der Waals surface area contributed by atoms with Crippen LogP contribution in [0.4, 0.5) is 18.9 Å². The van der Waals surface area contributed by atoms with E-state index in [1.807, 2.05) is 6.92 Å². The van der Waals surface area contributed by atoms with Gasteiger partial charge >= 0.3 is 6.18 Å². The van der Waals surface area contributed by atoms with Crippen molar-refractivity contribution in [3.05, 3.63) is 99.5 Å². The van der Waals surface area contributed by atoms with E-state index in [0.29, 0.717) is 23.4 Å². The molecule has 2 aromatic carbocycles. The van der Waals surface area contributed by atoms with Gasteiger partial charge in [-0.2, -0.15) is 13.2 Å². The molecular weight excluding hydrogens is 533 g/mol. The molecule has 1 N–H and O–H groups in total. The van der Waals surface area contributed by atoms with E-state index >= 15 is 0 Å². The van der Waals surface area contributed by atoms with Crippen LogP contribution in [0, 0.1) is 6.92 Å².